The van der Waals surface area contributed by atoms with Crippen molar-refractivity contribution in [3.63, 3.8) is 0 Å². The summed E-state index contributed by atoms with van der Waals surface area (Å²) in [5, 5.41) is 7.72. The fraction of sp³-hybridized carbons (Fsp3) is 0.938. The molecule has 0 heterocycles. The molecule has 0 fully saturated rings. The first-order valence-corrected chi connectivity index (χ1v) is 7.99. The zero-order valence-corrected chi connectivity index (χ0v) is 13.9. The van der Waals surface area contributed by atoms with Crippen molar-refractivity contribution in [2.45, 2.75) is 97.5 Å². The Hall–Kier alpha value is -0.610. The Labute approximate surface area is 125 Å². The standard InChI is InChI=1S/C13H29NO.C3H6O2/c1-4-5-6-7-8-9-10-11-12-13(2,3)15-14;1-2-3(4)5/h4-12,14H2,1-3H3;2H2,1H3,(H,4,5). The zero-order valence-electron chi connectivity index (χ0n) is 13.9. The molecular weight excluding hydrogens is 254 g/mol. The molecule has 0 radical (unpaired) electrons. The molecule has 0 aromatic carbocycles. The smallest absolute Gasteiger partial charge is 0.303 e. The van der Waals surface area contributed by atoms with Crippen LogP contribution in [0.2, 0.25) is 0 Å². The number of nitrogens with two attached hydrogens (primary N) is 1. The lowest BCUT2D eigenvalue weighted by Gasteiger charge is -2.21. The van der Waals surface area contributed by atoms with Crippen LogP contribution in [-0.2, 0) is 9.63 Å². The first-order chi connectivity index (χ1) is 9.39. The highest BCUT2D eigenvalue weighted by molar-refractivity contribution is 5.66. The maximum Gasteiger partial charge on any atom is 0.303 e. The van der Waals surface area contributed by atoms with Crippen LogP contribution in [0.4, 0.5) is 0 Å². The van der Waals surface area contributed by atoms with E-state index in [4.69, 9.17) is 15.8 Å². The van der Waals surface area contributed by atoms with Crippen molar-refractivity contribution in [2.24, 2.45) is 5.90 Å². The average Bonchev–Trinajstić information content (AvgIpc) is 2.42. The molecule has 0 rings (SSSR count). The molecule has 0 spiro atoms. The molecule has 4 nitrogen and oxygen atoms in total. The molecule has 0 atom stereocenters. The lowest BCUT2D eigenvalue weighted by Crippen LogP contribution is -2.27. The fourth-order valence-corrected chi connectivity index (χ4v) is 1.74. The summed E-state index contributed by atoms with van der Waals surface area (Å²) >= 11 is 0. The molecule has 20 heavy (non-hydrogen) atoms. The van der Waals surface area contributed by atoms with Gasteiger partial charge in [0.2, 0.25) is 0 Å². The topological polar surface area (TPSA) is 72.5 Å². The minimum Gasteiger partial charge on any atom is -0.481 e. The van der Waals surface area contributed by atoms with Crippen LogP contribution in [0.15, 0.2) is 0 Å². The van der Waals surface area contributed by atoms with E-state index in [1.165, 1.54) is 51.4 Å². The molecule has 0 aliphatic heterocycles. The van der Waals surface area contributed by atoms with Gasteiger partial charge in [-0.15, -0.1) is 0 Å². The van der Waals surface area contributed by atoms with Gasteiger partial charge in [-0.3, -0.25) is 9.63 Å². The largest absolute Gasteiger partial charge is 0.481 e. The SMILES string of the molecule is CCC(=O)O.CCCCCCCCCCC(C)(C)ON. The van der Waals surface area contributed by atoms with Crippen LogP contribution in [0.1, 0.15) is 91.9 Å². The van der Waals surface area contributed by atoms with E-state index in [-0.39, 0.29) is 12.0 Å². The number of aliphatic carboxylic acids is 1. The van der Waals surface area contributed by atoms with Gasteiger partial charge in [-0.1, -0.05) is 65.2 Å². The summed E-state index contributed by atoms with van der Waals surface area (Å²) in [5.74, 6) is 4.46. The van der Waals surface area contributed by atoms with Crippen molar-refractivity contribution in [3.05, 3.63) is 0 Å². The van der Waals surface area contributed by atoms with Crippen molar-refractivity contribution >= 4 is 5.97 Å². The van der Waals surface area contributed by atoms with Crippen LogP contribution >= 0.6 is 0 Å². The van der Waals surface area contributed by atoms with Gasteiger partial charge >= 0.3 is 5.97 Å². The summed E-state index contributed by atoms with van der Waals surface area (Å²) in [4.78, 5) is 14.3. The fourth-order valence-electron chi connectivity index (χ4n) is 1.74. The van der Waals surface area contributed by atoms with Crippen LogP contribution in [0.3, 0.4) is 0 Å². The van der Waals surface area contributed by atoms with Crippen molar-refractivity contribution < 1.29 is 14.7 Å². The van der Waals surface area contributed by atoms with Crippen molar-refractivity contribution in [1.29, 1.82) is 0 Å². The molecular formula is C16H35NO3. The number of hydrogen-bond donors (Lipinski definition) is 2. The molecule has 0 unspecified atom stereocenters. The Bertz CT molecular complexity index is 218. The van der Waals surface area contributed by atoms with Gasteiger partial charge < -0.3 is 5.11 Å². The number of rotatable bonds is 11. The third kappa shape index (κ3) is 19.7. The number of carbonyl (C=O) groups is 1. The molecule has 0 bridgehead atoms. The van der Waals surface area contributed by atoms with E-state index in [1.807, 2.05) is 13.8 Å². The Morgan fingerprint density at radius 3 is 1.75 bits per heavy atom. The molecule has 0 amide bonds. The van der Waals surface area contributed by atoms with Crippen molar-refractivity contribution in [1.82, 2.24) is 0 Å². The third-order valence-electron chi connectivity index (χ3n) is 3.25. The third-order valence-corrected chi connectivity index (χ3v) is 3.25. The van der Waals surface area contributed by atoms with E-state index in [0.29, 0.717) is 0 Å². The van der Waals surface area contributed by atoms with Gasteiger partial charge in [-0.2, -0.15) is 0 Å². The number of carboxylic acids is 1. The van der Waals surface area contributed by atoms with E-state index in [2.05, 4.69) is 6.92 Å². The summed E-state index contributed by atoms with van der Waals surface area (Å²) < 4.78 is 0. The predicted molar refractivity (Wildman–Crippen MR) is 84.5 cm³/mol. The maximum atomic E-state index is 9.37. The van der Waals surface area contributed by atoms with Crippen LogP contribution in [0, 0.1) is 0 Å². The van der Waals surface area contributed by atoms with Gasteiger partial charge in [0.15, 0.2) is 0 Å². The molecule has 0 aromatic rings. The summed E-state index contributed by atoms with van der Waals surface area (Å²) in [6.45, 7) is 7.96. The summed E-state index contributed by atoms with van der Waals surface area (Å²) in [7, 11) is 0. The molecule has 4 heteroatoms. The minimum absolute atomic E-state index is 0.137. The molecule has 3 N–H and O–H groups in total. The Morgan fingerprint density at radius 2 is 1.40 bits per heavy atom. The van der Waals surface area contributed by atoms with Crippen molar-refractivity contribution in [2.75, 3.05) is 0 Å². The highest BCUT2D eigenvalue weighted by Crippen LogP contribution is 2.17. The van der Waals surface area contributed by atoms with Gasteiger partial charge in [-0.05, 0) is 20.3 Å². The second kappa shape index (κ2) is 14.8. The van der Waals surface area contributed by atoms with Gasteiger partial charge in [0.25, 0.3) is 0 Å². The Kier molecular flexibility index (Phi) is 16.0. The normalized spacial score (nSPS) is 10.8. The Balaban J connectivity index is 0. The molecule has 0 aliphatic rings. The van der Waals surface area contributed by atoms with E-state index in [1.54, 1.807) is 6.92 Å². The number of hydrogen-bond acceptors (Lipinski definition) is 3. The first kappa shape index (κ1) is 21.7. The predicted octanol–water partition coefficient (Wildman–Crippen LogP) is 4.67. The van der Waals surface area contributed by atoms with Gasteiger partial charge in [0, 0.05) is 6.42 Å². The van der Waals surface area contributed by atoms with E-state index in [9.17, 15) is 4.79 Å². The Morgan fingerprint density at radius 1 is 1.00 bits per heavy atom. The molecule has 0 aliphatic carbocycles. The molecule has 0 saturated heterocycles. The highest BCUT2D eigenvalue weighted by Gasteiger charge is 2.15. The second-order valence-electron chi connectivity index (χ2n) is 5.85. The number of unbranched alkanes of at least 4 members (excludes halogenated alkanes) is 7. The molecule has 122 valence electrons. The first-order valence-electron chi connectivity index (χ1n) is 7.99. The van der Waals surface area contributed by atoms with Crippen LogP contribution < -0.4 is 5.90 Å². The minimum atomic E-state index is -0.745. The summed E-state index contributed by atoms with van der Waals surface area (Å²) in [6.07, 6.45) is 12.2. The zero-order chi connectivity index (χ0) is 15.9. The summed E-state index contributed by atoms with van der Waals surface area (Å²) in [5.41, 5.74) is -0.137. The van der Waals surface area contributed by atoms with E-state index in [0.717, 1.165) is 6.42 Å². The lowest BCUT2D eigenvalue weighted by atomic mass is 9.99. The molecule has 0 aromatic heterocycles. The van der Waals surface area contributed by atoms with Crippen LogP contribution in [-0.4, -0.2) is 16.7 Å². The molecule has 0 saturated carbocycles. The monoisotopic (exact) mass is 289 g/mol. The summed E-state index contributed by atoms with van der Waals surface area (Å²) in [6, 6.07) is 0. The van der Waals surface area contributed by atoms with Crippen molar-refractivity contribution in [3.8, 4) is 0 Å². The van der Waals surface area contributed by atoms with E-state index >= 15 is 0 Å². The number of carboxylic acid groups (broad SMARTS) is 1. The highest BCUT2D eigenvalue weighted by atomic mass is 16.6. The average molecular weight is 289 g/mol. The second-order valence-corrected chi connectivity index (χ2v) is 5.85. The van der Waals surface area contributed by atoms with Crippen LogP contribution in [0.25, 0.3) is 0 Å². The maximum absolute atomic E-state index is 9.37. The van der Waals surface area contributed by atoms with Gasteiger partial charge in [0.1, 0.15) is 0 Å². The van der Waals surface area contributed by atoms with E-state index < -0.39 is 5.97 Å². The van der Waals surface area contributed by atoms with Crippen LogP contribution in [0.5, 0.6) is 0 Å². The quantitative estimate of drug-likeness (QED) is 0.428. The van der Waals surface area contributed by atoms with Gasteiger partial charge in [0.05, 0.1) is 5.60 Å². The van der Waals surface area contributed by atoms with Gasteiger partial charge in [-0.25, -0.2) is 5.90 Å². The lowest BCUT2D eigenvalue weighted by molar-refractivity contribution is -0.136.